The van der Waals surface area contributed by atoms with E-state index in [0.29, 0.717) is 16.5 Å². The summed E-state index contributed by atoms with van der Waals surface area (Å²) in [4.78, 5) is 0.294. The highest BCUT2D eigenvalue weighted by Crippen LogP contribution is 2.41. The second-order valence-corrected chi connectivity index (χ2v) is 6.29. The van der Waals surface area contributed by atoms with Crippen molar-refractivity contribution in [3.05, 3.63) is 22.4 Å². The van der Waals surface area contributed by atoms with E-state index in [2.05, 4.69) is 52.6 Å². The van der Waals surface area contributed by atoms with Gasteiger partial charge in [-0.15, -0.1) is 0 Å². The Labute approximate surface area is 103 Å². The highest BCUT2D eigenvalue weighted by Gasteiger charge is 2.33. The molecule has 1 aliphatic carbocycles. The van der Waals surface area contributed by atoms with Crippen LogP contribution in [0, 0.1) is 11.3 Å². The predicted molar refractivity (Wildman–Crippen MR) is 68.0 cm³/mol. The summed E-state index contributed by atoms with van der Waals surface area (Å²) in [7, 11) is 0. The van der Waals surface area contributed by atoms with Crippen molar-refractivity contribution >= 4 is 31.9 Å². The van der Waals surface area contributed by atoms with E-state index in [0.717, 1.165) is 10.9 Å². The number of halogens is 2. The molecular formula is C11H16Br2O. The summed E-state index contributed by atoms with van der Waals surface area (Å²) >= 11 is 6.96. The van der Waals surface area contributed by atoms with Gasteiger partial charge in [0.15, 0.2) is 0 Å². The number of aliphatic hydroxyl groups is 1. The van der Waals surface area contributed by atoms with E-state index in [1.165, 1.54) is 0 Å². The van der Waals surface area contributed by atoms with Gasteiger partial charge in [0.05, 0.1) is 4.48 Å². The minimum atomic E-state index is 0.201. The van der Waals surface area contributed by atoms with Crippen molar-refractivity contribution < 1.29 is 5.11 Å². The van der Waals surface area contributed by atoms with Crippen LogP contribution in [-0.2, 0) is 0 Å². The third-order valence-electron chi connectivity index (χ3n) is 3.04. The zero-order chi connectivity index (χ0) is 10.9. The van der Waals surface area contributed by atoms with E-state index in [-0.39, 0.29) is 5.41 Å². The van der Waals surface area contributed by atoms with Crippen LogP contribution in [0.25, 0.3) is 0 Å². The SMILES string of the molecule is CCC(C)(C)C1C=C(O)C(Br)=CC1Br. The van der Waals surface area contributed by atoms with E-state index >= 15 is 0 Å². The molecule has 0 spiro atoms. The van der Waals surface area contributed by atoms with Crippen LogP contribution in [0.3, 0.4) is 0 Å². The molecule has 0 fully saturated rings. The first kappa shape index (κ1) is 12.3. The highest BCUT2D eigenvalue weighted by atomic mass is 79.9. The fourth-order valence-electron chi connectivity index (χ4n) is 1.56. The van der Waals surface area contributed by atoms with E-state index in [1.54, 1.807) is 0 Å². The van der Waals surface area contributed by atoms with Crippen molar-refractivity contribution in [3.8, 4) is 0 Å². The van der Waals surface area contributed by atoms with Crippen molar-refractivity contribution in [3.63, 3.8) is 0 Å². The molecule has 0 heterocycles. The van der Waals surface area contributed by atoms with Crippen molar-refractivity contribution in [2.75, 3.05) is 0 Å². The summed E-state index contributed by atoms with van der Waals surface area (Å²) in [6.45, 7) is 6.63. The van der Waals surface area contributed by atoms with Gasteiger partial charge in [-0.2, -0.15) is 0 Å². The minimum Gasteiger partial charge on any atom is -0.507 e. The van der Waals surface area contributed by atoms with Gasteiger partial charge in [0, 0.05) is 10.7 Å². The molecule has 1 nitrogen and oxygen atoms in total. The molecule has 0 amide bonds. The molecule has 2 atom stereocenters. The van der Waals surface area contributed by atoms with Crippen LogP contribution >= 0.6 is 31.9 Å². The van der Waals surface area contributed by atoms with Crippen LogP contribution in [-0.4, -0.2) is 9.93 Å². The Kier molecular flexibility index (Phi) is 3.87. The quantitative estimate of drug-likeness (QED) is 0.740. The van der Waals surface area contributed by atoms with E-state index in [1.807, 2.05) is 12.2 Å². The Hall–Kier alpha value is 0.240. The van der Waals surface area contributed by atoms with Crippen molar-refractivity contribution in [1.82, 2.24) is 0 Å². The molecular weight excluding hydrogens is 308 g/mol. The largest absolute Gasteiger partial charge is 0.507 e. The van der Waals surface area contributed by atoms with E-state index < -0.39 is 0 Å². The van der Waals surface area contributed by atoms with Gasteiger partial charge in [-0.1, -0.05) is 49.2 Å². The number of allylic oxidation sites excluding steroid dienone is 3. The highest BCUT2D eigenvalue weighted by molar-refractivity contribution is 9.12. The Balaban J connectivity index is 2.94. The summed E-state index contributed by atoms with van der Waals surface area (Å²) in [5, 5.41) is 9.65. The molecule has 0 saturated carbocycles. The van der Waals surface area contributed by atoms with Crippen molar-refractivity contribution in [2.45, 2.75) is 32.0 Å². The molecule has 14 heavy (non-hydrogen) atoms. The number of rotatable bonds is 2. The molecule has 1 rings (SSSR count). The molecule has 0 aromatic heterocycles. The lowest BCUT2D eigenvalue weighted by atomic mass is 9.73. The third kappa shape index (κ3) is 2.43. The van der Waals surface area contributed by atoms with Crippen LogP contribution in [0.15, 0.2) is 22.4 Å². The first-order valence-corrected chi connectivity index (χ1v) is 6.52. The fourth-order valence-corrected chi connectivity index (χ4v) is 3.47. The fraction of sp³-hybridized carbons (Fsp3) is 0.636. The summed E-state index contributed by atoms with van der Waals surface area (Å²) in [5.74, 6) is 0.695. The molecule has 2 unspecified atom stereocenters. The molecule has 0 radical (unpaired) electrons. The van der Waals surface area contributed by atoms with Gasteiger partial charge in [0.25, 0.3) is 0 Å². The standard InChI is InChI=1S/C11H16Br2O/c1-4-11(2,3)7-5-10(14)9(13)6-8(7)12/h5-8,14H,4H2,1-3H3. The van der Waals surface area contributed by atoms with Gasteiger partial charge in [0.1, 0.15) is 5.76 Å². The summed E-state index contributed by atoms with van der Waals surface area (Å²) in [5.41, 5.74) is 0.201. The summed E-state index contributed by atoms with van der Waals surface area (Å²) in [6.07, 6.45) is 5.04. The molecule has 0 bridgehead atoms. The van der Waals surface area contributed by atoms with Crippen LogP contribution < -0.4 is 0 Å². The maximum atomic E-state index is 9.65. The Morgan fingerprint density at radius 3 is 2.50 bits per heavy atom. The van der Waals surface area contributed by atoms with Crippen LogP contribution in [0.1, 0.15) is 27.2 Å². The summed E-state index contributed by atoms with van der Waals surface area (Å²) in [6, 6.07) is 0. The number of alkyl halides is 1. The minimum absolute atomic E-state index is 0.201. The van der Waals surface area contributed by atoms with Gasteiger partial charge in [-0.05, 0) is 27.4 Å². The number of aliphatic hydroxyl groups excluding tert-OH is 1. The number of hydrogen-bond donors (Lipinski definition) is 1. The molecule has 0 aromatic rings. The molecule has 0 aromatic carbocycles. The van der Waals surface area contributed by atoms with Gasteiger partial charge in [-0.25, -0.2) is 0 Å². The summed E-state index contributed by atoms with van der Waals surface area (Å²) < 4.78 is 0.780. The maximum Gasteiger partial charge on any atom is 0.125 e. The topological polar surface area (TPSA) is 20.2 Å². The van der Waals surface area contributed by atoms with Gasteiger partial charge in [0.2, 0.25) is 0 Å². The van der Waals surface area contributed by atoms with Crippen LogP contribution in [0.5, 0.6) is 0 Å². The molecule has 3 heteroatoms. The zero-order valence-electron chi connectivity index (χ0n) is 8.72. The third-order valence-corrected chi connectivity index (χ3v) is 4.55. The first-order chi connectivity index (χ1) is 6.38. The van der Waals surface area contributed by atoms with Crippen molar-refractivity contribution in [2.24, 2.45) is 11.3 Å². The molecule has 1 aliphatic rings. The molecule has 0 aliphatic heterocycles. The lowest BCUT2D eigenvalue weighted by Crippen LogP contribution is -2.30. The zero-order valence-corrected chi connectivity index (χ0v) is 11.9. The average Bonchev–Trinajstić information content (AvgIpc) is 2.11. The second kappa shape index (κ2) is 4.40. The average molecular weight is 324 g/mol. The Morgan fingerprint density at radius 1 is 1.43 bits per heavy atom. The normalized spacial score (nSPS) is 28.4. The second-order valence-electron chi connectivity index (χ2n) is 4.38. The molecule has 80 valence electrons. The van der Waals surface area contributed by atoms with Crippen LogP contribution in [0.2, 0.25) is 0 Å². The number of hydrogen-bond acceptors (Lipinski definition) is 1. The van der Waals surface area contributed by atoms with E-state index in [9.17, 15) is 5.11 Å². The van der Waals surface area contributed by atoms with Gasteiger partial charge in [-0.3, -0.25) is 0 Å². The Morgan fingerprint density at radius 2 is 2.00 bits per heavy atom. The van der Waals surface area contributed by atoms with E-state index in [4.69, 9.17) is 0 Å². The molecule has 1 N–H and O–H groups in total. The maximum absolute atomic E-state index is 9.65. The lowest BCUT2D eigenvalue weighted by Gasteiger charge is -2.35. The van der Waals surface area contributed by atoms with Crippen LogP contribution in [0.4, 0.5) is 0 Å². The smallest absolute Gasteiger partial charge is 0.125 e. The van der Waals surface area contributed by atoms with Gasteiger partial charge >= 0.3 is 0 Å². The first-order valence-electron chi connectivity index (χ1n) is 4.81. The monoisotopic (exact) mass is 322 g/mol. The van der Waals surface area contributed by atoms with Crippen molar-refractivity contribution in [1.29, 1.82) is 0 Å². The predicted octanol–water partition coefficient (Wildman–Crippen LogP) is 4.54. The lowest BCUT2D eigenvalue weighted by molar-refractivity contribution is 0.247. The van der Waals surface area contributed by atoms with Gasteiger partial charge < -0.3 is 5.11 Å². The molecule has 0 saturated heterocycles. The Bertz CT molecular complexity index is 279.